The maximum Gasteiger partial charge on any atom is 0.155 e. The van der Waals surface area contributed by atoms with Crippen LogP contribution in [0.3, 0.4) is 0 Å². The van der Waals surface area contributed by atoms with Crippen LogP contribution in [0.1, 0.15) is 65.2 Å². The van der Waals surface area contributed by atoms with Gasteiger partial charge in [0.25, 0.3) is 0 Å². The lowest BCUT2D eigenvalue weighted by Gasteiger charge is -2.52. The summed E-state index contributed by atoms with van der Waals surface area (Å²) >= 11 is 0. The quantitative estimate of drug-likeness (QED) is 0.576. The Balaban J connectivity index is 1.72. The van der Waals surface area contributed by atoms with Crippen LogP contribution >= 0.6 is 0 Å². The second-order valence-electron chi connectivity index (χ2n) is 7.83. The monoisotopic (exact) mass is 270 g/mol. The van der Waals surface area contributed by atoms with Crippen molar-refractivity contribution in [3.8, 4) is 0 Å². The van der Waals surface area contributed by atoms with E-state index in [4.69, 9.17) is 0 Å². The molecule has 4 atom stereocenters. The second kappa shape index (κ2) is 4.32. The number of rotatable bonds is 0. The van der Waals surface area contributed by atoms with Crippen LogP contribution in [-0.4, -0.2) is 5.78 Å². The number of fused-ring (bicyclic) bond motifs is 4. The Bertz CT molecular complexity index is 524. The number of hydrogen-bond acceptors (Lipinski definition) is 1. The van der Waals surface area contributed by atoms with Crippen molar-refractivity contribution in [2.45, 2.75) is 65.2 Å². The maximum absolute atomic E-state index is 11.8. The van der Waals surface area contributed by atoms with Gasteiger partial charge in [-0.1, -0.05) is 30.6 Å². The minimum Gasteiger partial charge on any atom is -0.295 e. The van der Waals surface area contributed by atoms with Gasteiger partial charge in [-0.05, 0) is 74.2 Å². The third-order valence-electron chi connectivity index (χ3n) is 7.01. The zero-order valence-electron chi connectivity index (χ0n) is 12.9. The standard InChI is InChI=1S/C19H26O/c1-12-3-5-16-15(12)7-8-18-17(16)6-4-13-11-14(20)9-10-19(13,18)2/h11-12,17-18H,3-10H2,1-2H3/t12-,17-,18-,19-/m0/s1. The van der Waals surface area contributed by atoms with Crippen LogP contribution in [0.2, 0.25) is 0 Å². The molecule has 0 bridgehead atoms. The zero-order valence-corrected chi connectivity index (χ0v) is 12.9. The van der Waals surface area contributed by atoms with Crippen LogP contribution in [-0.2, 0) is 4.79 Å². The molecule has 0 aliphatic heterocycles. The van der Waals surface area contributed by atoms with Gasteiger partial charge in [0.2, 0.25) is 0 Å². The smallest absolute Gasteiger partial charge is 0.155 e. The van der Waals surface area contributed by atoms with E-state index in [2.05, 4.69) is 13.8 Å². The van der Waals surface area contributed by atoms with Gasteiger partial charge >= 0.3 is 0 Å². The number of carbonyl (C=O) groups is 1. The molecule has 4 rings (SSSR count). The van der Waals surface area contributed by atoms with E-state index in [1.54, 1.807) is 0 Å². The van der Waals surface area contributed by atoms with Crippen molar-refractivity contribution >= 4 is 5.78 Å². The topological polar surface area (TPSA) is 17.1 Å². The van der Waals surface area contributed by atoms with E-state index in [9.17, 15) is 4.79 Å². The third kappa shape index (κ3) is 1.64. The summed E-state index contributed by atoms with van der Waals surface area (Å²) in [6.45, 7) is 4.89. The first-order valence-corrected chi connectivity index (χ1v) is 8.55. The predicted octanol–water partition coefficient (Wildman–Crippen LogP) is 4.83. The molecule has 108 valence electrons. The van der Waals surface area contributed by atoms with Crippen molar-refractivity contribution in [2.24, 2.45) is 23.2 Å². The fourth-order valence-electron chi connectivity index (χ4n) is 5.81. The van der Waals surface area contributed by atoms with Crippen LogP contribution < -0.4 is 0 Å². The molecule has 0 spiro atoms. The lowest BCUT2D eigenvalue weighted by atomic mass is 9.52. The summed E-state index contributed by atoms with van der Waals surface area (Å²) in [5.74, 6) is 2.89. The third-order valence-corrected chi connectivity index (χ3v) is 7.01. The van der Waals surface area contributed by atoms with Crippen LogP contribution in [0.5, 0.6) is 0 Å². The summed E-state index contributed by atoms with van der Waals surface area (Å²) in [6.07, 6.45) is 11.9. The van der Waals surface area contributed by atoms with Gasteiger partial charge in [-0.2, -0.15) is 0 Å². The van der Waals surface area contributed by atoms with E-state index in [0.717, 1.165) is 30.6 Å². The first-order valence-electron chi connectivity index (χ1n) is 8.55. The number of ketones is 1. The van der Waals surface area contributed by atoms with Gasteiger partial charge in [-0.3, -0.25) is 4.79 Å². The lowest BCUT2D eigenvalue weighted by Crippen LogP contribution is -2.43. The molecule has 1 fully saturated rings. The molecule has 1 saturated carbocycles. The van der Waals surface area contributed by atoms with Gasteiger partial charge in [-0.15, -0.1) is 0 Å². The molecule has 0 radical (unpaired) electrons. The van der Waals surface area contributed by atoms with Crippen LogP contribution in [0, 0.1) is 23.2 Å². The summed E-state index contributed by atoms with van der Waals surface area (Å²) in [6, 6.07) is 0. The fraction of sp³-hybridized carbons (Fsp3) is 0.737. The molecule has 0 saturated heterocycles. The second-order valence-corrected chi connectivity index (χ2v) is 7.83. The van der Waals surface area contributed by atoms with Crippen molar-refractivity contribution in [3.63, 3.8) is 0 Å². The highest BCUT2D eigenvalue weighted by atomic mass is 16.1. The molecule has 0 heterocycles. The molecule has 1 heteroatoms. The summed E-state index contributed by atoms with van der Waals surface area (Å²) in [5.41, 5.74) is 5.51. The largest absolute Gasteiger partial charge is 0.295 e. The lowest BCUT2D eigenvalue weighted by molar-refractivity contribution is -0.116. The van der Waals surface area contributed by atoms with E-state index in [1.807, 2.05) is 17.2 Å². The summed E-state index contributed by atoms with van der Waals surface area (Å²) < 4.78 is 0. The first kappa shape index (κ1) is 12.9. The van der Waals surface area contributed by atoms with Crippen molar-refractivity contribution in [2.75, 3.05) is 0 Å². The number of carbonyl (C=O) groups excluding carboxylic acids is 1. The van der Waals surface area contributed by atoms with Crippen LogP contribution in [0.25, 0.3) is 0 Å². The van der Waals surface area contributed by atoms with Gasteiger partial charge in [0, 0.05) is 6.42 Å². The maximum atomic E-state index is 11.8. The highest BCUT2D eigenvalue weighted by Gasteiger charge is 2.50. The summed E-state index contributed by atoms with van der Waals surface area (Å²) in [5, 5.41) is 0. The molecule has 0 amide bonds. The predicted molar refractivity (Wildman–Crippen MR) is 81.3 cm³/mol. The highest BCUT2D eigenvalue weighted by Crippen LogP contribution is 2.60. The van der Waals surface area contributed by atoms with Gasteiger partial charge < -0.3 is 0 Å². The van der Waals surface area contributed by atoms with E-state index >= 15 is 0 Å². The fourth-order valence-corrected chi connectivity index (χ4v) is 5.81. The molecule has 20 heavy (non-hydrogen) atoms. The van der Waals surface area contributed by atoms with Crippen molar-refractivity contribution in [1.82, 2.24) is 0 Å². The van der Waals surface area contributed by atoms with E-state index in [0.29, 0.717) is 11.2 Å². The molecule has 1 nitrogen and oxygen atoms in total. The Morgan fingerprint density at radius 1 is 1.05 bits per heavy atom. The van der Waals surface area contributed by atoms with Crippen molar-refractivity contribution in [1.29, 1.82) is 0 Å². The molecule has 0 aromatic heterocycles. The van der Waals surface area contributed by atoms with E-state index in [1.165, 1.54) is 44.1 Å². The van der Waals surface area contributed by atoms with Gasteiger partial charge in [0.05, 0.1) is 0 Å². The Labute approximate surface area is 122 Å². The average molecular weight is 270 g/mol. The molecule has 0 aromatic carbocycles. The summed E-state index contributed by atoms with van der Waals surface area (Å²) in [4.78, 5) is 11.8. The normalized spacial score (nSPS) is 43.8. The van der Waals surface area contributed by atoms with Crippen LogP contribution in [0.15, 0.2) is 22.8 Å². The number of allylic oxidation sites excluding steroid dienone is 4. The van der Waals surface area contributed by atoms with E-state index < -0.39 is 0 Å². The zero-order chi connectivity index (χ0) is 13.9. The minimum absolute atomic E-state index is 0.335. The Morgan fingerprint density at radius 3 is 2.70 bits per heavy atom. The Morgan fingerprint density at radius 2 is 1.85 bits per heavy atom. The molecule has 0 N–H and O–H groups in total. The Kier molecular flexibility index (Phi) is 2.78. The highest BCUT2D eigenvalue weighted by molar-refractivity contribution is 5.91. The van der Waals surface area contributed by atoms with E-state index in [-0.39, 0.29) is 0 Å². The molecular weight excluding hydrogens is 244 g/mol. The first-order chi connectivity index (χ1) is 9.59. The number of hydrogen-bond donors (Lipinski definition) is 0. The Hall–Kier alpha value is -0.850. The van der Waals surface area contributed by atoms with Gasteiger partial charge in [0.1, 0.15) is 0 Å². The van der Waals surface area contributed by atoms with Gasteiger partial charge in [0.15, 0.2) is 5.78 Å². The summed E-state index contributed by atoms with van der Waals surface area (Å²) in [7, 11) is 0. The van der Waals surface area contributed by atoms with Crippen LogP contribution in [0.4, 0.5) is 0 Å². The van der Waals surface area contributed by atoms with Gasteiger partial charge in [-0.25, -0.2) is 0 Å². The SMILES string of the molecule is C[C@H]1CCC2=C1CC[C@H]1[C@H]2CCC2=CC(=O)CC[C@@]21C. The molecule has 0 aromatic rings. The van der Waals surface area contributed by atoms with Crippen molar-refractivity contribution in [3.05, 3.63) is 22.8 Å². The minimum atomic E-state index is 0.335. The van der Waals surface area contributed by atoms with Crippen molar-refractivity contribution < 1.29 is 4.79 Å². The molecule has 4 aliphatic rings. The molecule has 4 aliphatic carbocycles. The molecular formula is C19H26O. The molecule has 0 unspecified atom stereocenters. The average Bonchev–Trinajstić information content (AvgIpc) is 2.82.